The highest BCUT2D eigenvalue weighted by Gasteiger charge is 2.47. The molecule has 0 bridgehead atoms. The van der Waals surface area contributed by atoms with Crippen molar-refractivity contribution in [3.63, 3.8) is 0 Å². The summed E-state index contributed by atoms with van der Waals surface area (Å²) in [6, 6.07) is 0. The predicted octanol–water partition coefficient (Wildman–Crippen LogP) is -0.866. The van der Waals surface area contributed by atoms with Gasteiger partial charge >= 0.3 is 11.9 Å². The molecule has 1 aliphatic rings. The van der Waals surface area contributed by atoms with Crippen molar-refractivity contribution in [1.82, 2.24) is 5.32 Å². The standard InChI is InChI=1S/C13H21NO7/c1-6-12(20-8(3)16)13(21-9(4)17)11(18)10(19-6)5-14-7(2)15/h6,10-13,18H,5H2,1-4H3,(H,14,15)/t6-,10+,11+,12+,13-/m0/s1. The number of rotatable bonds is 4. The van der Waals surface area contributed by atoms with Gasteiger partial charge < -0.3 is 24.6 Å². The fourth-order valence-electron chi connectivity index (χ4n) is 2.20. The third-order valence-electron chi connectivity index (χ3n) is 3.05. The van der Waals surface area contributed by atoms with Crippen molar-refractivity contribution in [2.24, 2.45) is 0 Å². The SMILES string of the molecule is CC(=O)NC[C@H]1O[C@@H](C)[C@@H](OC(C)=O)[C@@H](OC(C)=O)[C@@H]1O. The van der Waals surface area contributed by atoms with Gasteiger partial charge in [0.25, 0.3) is 0 Å². The molecule has 0 unspecified atom stereocenters. The Bertz CT molecular complexity index is 411. The first kappa shape index (κ1) is 17.4. The van der Waals surface area contributed by atoms with Gasteiger partial charge in [-0.05, 0) is 6.92 Å². The van der Waals surface area contributed by atoms with Crippen LogP contribution in [0.2, 0.25) is 0 Å². The highest BCUT2D eigenvalue weighted by molar-refractivity contribution is 5.72. The third-order valence-corrected chi connectivity index (χ3v) is 3.05. The van der Waals surface area contributed by atoms with Crippen molar-refractivity contribution >= 4 is 17.8 Å². The maximum Gasteiger partial charge on any atom is 0.303 e. The zero-order chi connectivity index (χ0) is 16.2. The van der Waals surface area contributed by atoms with Crippen molar-refractivity contribution in [3.05, 3.63) is 0 Å². The largest absolute Gasteiger partial charge is 0.456 e. The molecule has 0 aromatic carbocycles. The van der Waals surface area contributed by atoms with Crippen molar-refractivity contribution in [1.29, 1.82) is 0 Å². The van der Waals surface area contributed by atoms with Crippen LogP contribution in [0.1, 0.15) is 27.7 Å². The minimum absolute atomic E-state index is 0.0609. The summed E-state index contributed by atoms with van der Waals surface area (Å²) in [5.74, 6) is -1.45. The molecule has 0 aromatic rings. The number of carbonyl (C=O) groups is 3. The molecule has 21 heavy (non-hydrogen) atoms. The Labute approximate surface area is 122 Å². The third kappa shape index (κ3) is 4.98. The van der Waals surface area contributed by atoms with Gasteiger partial charge in [0, 0.05) is 27.3 Å². The smallest absolute Gasteiger partial charge is 0.303 e. The number of carbonyl (C=O) groups excluding carboxylic acids is 3. The fourth-order valence-corrected chi connectivity index (χ4v) is 2.20. The summed E-state index contributed by atoms with van der Waals surface area (Å²) in [6.07, 6.45) is -4.54. The Morgan fingerprint density at radius 1 is 1.10 bits per heavy atom. The van der Waals surface area contributed by atoms with E-state index in [1.165, 1.54) is 20.8 Å². The van der Waals surface area contributed by atoms with E-state index in [0.717, 1.165) is 0 Å². The van der Waals surface area contributed by atoms with Crippen molar-refractivity contribution < 1.29 is 33.7 Å². The molecular formula is C13H21NO7. The summed E-state index contributed by atoms with van der Waals surface area (Å²) < 4.78 is 15.7. The van der Waals surface area contributed by atoms with E-state index in [1.807, 2.05) is 0 Å². The molecule has 0 saturated carbocycles. The molecule has 5 atom stereocenters. The Balaban J connectivity index is 2.87. The number of aliphatic hydroxyl groups is 1. The van der Waals surface area contributed by atoms with Crippen molar-refractivity contribution in [2.75, 3.05) is 6.54 Å². The van der Waals surface area contributed by atoms with E-state index < -0.39 is 42.5 Å². The van der Waals surface area contributed by atoms with Crippen LogP contribution in [0.15, 0.2) is 0 Å². The van der Waals surface area contributed by atoms with Gasteiger partial charge in [-0.3, -0.25) is 14.4 Å². The normalized spacial score (nSPS) is 32.1. The molecule has 1 rings (SSSR count). The van der Waals surface area contributed by atoms with E-state index in [4.69, 9.17) is 14.2 Å². The highest BCUT2D eigenvalue weighted by atomic mass is 16.6. The van der Waals surface area contributed by atoms with E-state index in [-0.39, 0.29) is 12.5 Å². The quantitative estimate of drug-likeness (QED) is 0.650. The molecular weight excluding hydrogens is 282 g/mol. The lowest BCUT2D eigenvalue weighted by atomic mass is 9.95. The summed E-state index contributed by atoms with van der Waals surface area (Å²) in [5.41, 5.74) is 0. The van der Waals surface area contributed by atoms with E-state index in [2.05, 4.69) is 5.32 Å². The van der Waals surface area contributed by atoms with Crippen LogP contribution in [-0.2, 0) is 28.6 Å². The van der Waals surface area contributed by atoms with Crippen LogP contribution in [-0.4, -0.2) is 60.0 Å². The molecule has 1 aliphatic heterocycles. The molecule has 1 heterocycles. The number of amides is 1. The molecule has 120 valence electrons. The summed E-state index contributed by atoms with van der Waals surface area (Å²) in [6.45, 7) is 5.44. The van der Waals surface area contributed by atoms with Gasteiger partial charge in [-0.25, -0.2) is 0 Å². The molecule has 0 aliphatic carbocycles. The van der Waals surface area contributed by atoms with Crippen LogP contribution in [0.25, 0.3) is 0 Å². The van der Waals surface area contributed by atoms with Crippen LogP contribution >= 0.6 is 0 Å². The lowest BCUT2D eigenvalue weighted by Crippen LogP contribution is -2.61. The molecule has 1 amide bonds. The lowest BCUT2D eigenvalue weighted by molar-refractivity contribution is -0.235. The molecule has 0 spiro atoms. The van der Waals surface area contributed by atoms with Gasteiger partial charge in [0.1, 0.15) is 12.2 Å². The molecule has 0 aromatic heterocycles. The fraction of sp³-hybridized carbons (Fsp3) is 0.769. The van der Waals surface area contributed by atoms with E-state index in [9.17, 15) is 19.5 Å². The molecule has 1 saturated heterocycles. The van der Waals surface area contributed by atoms with Gasteiger partial charge in [-0.2, -0.15) is 0 Å². The minimum Gasteiger partial charge on any atom is -0.456 e. The summed E-state index contributed by atoms with van der Waals surface area (Å²) in [5, 5.41) is 12.8. The zero-order valence-electron chi connectivity index (χ0n) is 12.5. The number of hydrogen-bond acceptors (Lipinski definition) is 7. The second-order valence-corrected chi connectivity index (χ2v) is 4.96. The number of hydrogen-bond donors (Lipinski definition) is 2. The monoisotopic (exact) mass is 303 g/mol. The zero-order valence-corrected chi connectivity index (χ0v) is 12.5. The van der Waals surface area contributed by atoms with Gasteiger partial charge in [-0.15, -0.1) is 0 Å². The van der Waals surface area contributed by atoms with Crippen molar-refractivity contribution in [2.45, 2.75) is 58.2 Å². The minimum atomic E-state index is -1.22. The molecule has 1 fully saturated rings. The average molecular weight is 303 g/mol. The van der Waals surface area contributed by atoms with Gasteiger partial charge in [0.2, 0.25) is 5.91 Å². The van der Waals surface area contributed by atoms with Crippen LogP contribution in [0.3, 0.4) is 0 Å². The number of esters is 2. The molecule has 8 nitrogen and oxygen atoms in total. The van der Waals surface area contributed by atoms with Gasteiger partial charge in [0.05, 0.1) is 6.10 Å². The summed E-state index contributed by atoms with van der Waals surface area (Å²) in [4.78, 5) is 33.3. The van der Waals surface area contributed by atoms with Crippen LogP contribution < -0.4 is 5.32 Å². The average Bonchev–Trinajstić information content (AvgIpc) is 2.35. The molecule has 0 radical (unpaired) electrons. The van der Waals surface area contributed by atoms with Crippen LogP contribution in [0.5, 0.6) is 0 Å². The second-order valence-electron chi connectivity index (χ2n) is 4.96. The van der Waals surface area contributed by atoms with Gasteiger partial charge in [0.15, 0.2) is 12.2 Å². The first-order valence-electron chi connectivity index (χ1n) is 6.64. The van der Waals surface area contributed by atoms with Crippen LogP contribution in [0.4, 0.5) is 0 Å². The Morgan fingerprint density at radius 3 is 2.10 bits per heavy atom. The second kappa shape index (κ2) is 7.37. The topological polar surface area (TPSA) is 111 Å². The first-order chi connectivity index (χ1) is 9.72. The summed E-state index contributed by atoms with van der Waals surface area (Å²) in [7, 11) is 0. The molecule has 8 heteroatoms. The predicted molar refractivity (Wildman–Crippen MR) is 70.1 cm³/mol. The summed E-state index contributed by atoms with van der Waals surface area (Å²) >= 11 is 0. The van der Waals surface area contributed by atoms with E-state index in [1.54, 1.807) is 6.92 Å². The number of ether oxygens (including phenoxy) is 3. The molecule has 2 N–H and O–H groups in total. The Hall–Kier alpha value is -1.67. The Morgan fingerprint density at radius 2 is 1.62 bits per heavy atom. The Kier molecular flexibility index (Phi) is 6.10. The van der Waals surface area contributed by atoms with E-state index in [0.29, 0.717) is 0 Å². The number of nitrogens with one attached hydrogen (secondary N) is 1. The van der Waals surface area contributed by atoms with Gasteiger partial charge in [-0.1, -0.05) is 0 Å². The first-order valence-corrected chi connectivity index (χ1v) is 6.64. The maximum absolute atomic E-state index is 11.2. The van der Waals surface area contributed by atoms with Crippen molar-refractivity contribution in [3.8, 4) is 0 Å². The van der Waals surface area contributed by atoms with Crippen LogP contribution in [0, 0.1) is 0 Å². The highest BCUT2D eigenvalue weighted by Crippen LogP contribution is 2.26. The van der Waals surface area contributed by atoms with E-state index >= 15 is 0 Å². The number of aliphatic hydroxyl groups excluding tert-OH is 1. The maximum atomic E-state index is 11.2. The lowest BCUT2D eigenvalue weighted by Gasteiger charge is -2.42.